The Balaban J connectivity index is 2.91. The monoisotopic (exact) mass is 288 g/mol. The van der Waals surface area contributed by atoms with Crippen molar-refractivity contribution >= 4 is 16.2 Å². The molecule has 3 atom stereocenters. The molecule has 0 aromatic rings. The molecule has 1 heterocycles. The van der Waals surface area contributed by atoms with Crippen LogP contribution >= 0.6 is 0 Å². The van der Waals surface area contributed by atoms with Crippen LogP contribution in [0.1, 0.15) is 27.7 Å². The molecule has 1 aliphatic rings. The van der Waals surface area contributed by atoms with Gasteiger partial charge in [0.25, 0.3) is 0 Å². The van der Waals surface area contributed by atoms with E-state index in [0.717, 1.165) is 0 Å². The Hall–Kier alpha value is 0.122. The van der Waals surface area contributed by atoms with E-state index in [1.165, 1.54) is 0 Å². The Morgan fingerprint density at radius 1 is 1.26 bits per heavy atom. The molecule has 1 aliphatic heterocycles. The molecule has 1 unspecified atom stereocenters. The van der Waals surface area contributed by atoms with Gasteiger partial charge >= 0.3 is 0 Å². The highest BCUT2D eigenvalue weighted by Crippen LogP contribution is 2.43. The van der Waals surface area contributed by atoms with Gasteiger partial charge in [-0.3, -0.25) is 0 Å². The Bertz CT molecular complexity index is 312. The molecule has 0 amide bonds. The minimum absolute atomic E-state index is 0.0216. The normalized spacial score (nSPS) is 31.7. The van der Waals surface area contributed by atoms with E-state index in [4.69, 9.17) is 9.16 Å². The smallest absolute Gasteiger partial charge is 0.192 e. The first kappa shape index (κ1) is 17.2. The summed E-state index contributed by atoms with van der Waals surface area (Å²) in [6.07, 6.45) is -0.0693. The predicted molar refractivity (Wildman–Crippen MR) is 81.6 cm³/mol. The Labute approximate surface area is 119 Å². The number of ether oxygens (including phenoxy) is 1. The van der Waals surface area contributed by atoms with Crippen LogP contribution in [0.2, 0.25) is 18.1 Å². The first-order valence-electron chi connectivity index (χ1n) is 7.08. The number of hydrogen-bond acceptors (Lipinski definition) is 4. The predicted octanol–water partition coefficient (Wildman–Crippen LogP) is 0.726. The lowest BCUT2D eigenvalue weighted by Gasteiger charge is -2.40. The van der Waals surface area contributed by atoms with E-state index in [0.29, 0.717) is 0 Å². The molecular formula is C13H29BO4Si. The SMILES string of the molecule is B[C@@H]1OC(CO)(CO)[C@H](C)C1O[Si](C)(C)C(C)(C)C. The maximum atomic E-state index is 9.55. The highest BCUT2D eigenvalue weighted by molar-refractivity contribution is 6.74. The topological polar surface area (TPSA) is 58.9 Å². The molecule has 112 valence electrons. The quantitative estimate of drug-likeness (QED) is 0.749. The molecule has 2 N–H and O–H groups in total. The molecular weight excluding hydrogens is 259 g/mol. The summed E-state index contributed by atoms with van der Waals surface area (Å²) in [5.41, 5.74) is -0.869. The van der Waals surface area contributed by atoms with Crippen molar-refractivity contribution in [1.29, 1.82) is 0 Å². The van der Waals surface area contributed by atoms with E-state index in [1.54, 1.807) is 0 Å². The van der Waals surface area contributed by atoms with E-state index in [2.05, 4.69) is 33.9 Å². The number of rotatable bonds is 4. The lowest BCUT2D eigenvalue weighted by Crippen LogP contribution is -2.49. The third kappa shape index (κ3) is 3.08. The first-order chi connectivity index (χ1) is 8.50. The van der Waals surface area contributed by atoms with Gasteiger partial charge in [0.05, 0.1) is 19.3 Å². The molecule has 1 rings (SSSR count). The lowest BCUT2D eigenvalue weighted by atomic mass is 9.83. The molecule has 0 aromatic heterocycles. The van der Waals surface area contributed by atoms with Gasteiger partial charge in [0.15, 0.2) is 8.32 Å². The van der Waals surface area contributed by atoms with Gasteiger partial charge in [-0.1, -0.05) is 27.7 Å². The second-order valence-corrected chi connectivity index (χ2v) is 12.1. The van der Waals surface area contributed by atoms with Crippen LogP contribution in [0, 0.1) is 5.92 Å². The third-order valence-electron chi connectivity index (χ3n) is 4.98. The van der Waals surface area contributed by atoms with Crippen molar-refractivity contribution in [3.8, 4) is 0 Å². The molecule has 1 saturated heterocycles. The van der Waals surface area contributed by atoms with Crippen molar-refractivity contribution < 1.29 is 19.4 Å². The molecule has 1 fully saturated rings. The van der Waals surface area contributed by atoms with Gasteiger partial charge in [-0.25, -0.2) is 0 Å². The molecule has 0 radical (unpaired) electrons. The van der Waals surface area contributed by atoms with Gasteiger partial charge in [0, 0.05) is 11.9 Å². The zero-order valence-corrected chi connectivity index (χ0v) is 14.4. The second-order valence-electron chi connectivity index (χ2n) is 7.34. The Morgan fingerprint density at radius 3 is 2.05 bits per heavy atom. The maximum Gasteiger partial charge on any atom is 0.192 e. The van der Waals surface area contributed by atoms with E-state index < -0.39 is 13.9 Å². The highest BCUT2D eigenvalue weighted by Gasteiger charge is 2.53. The zero-order chi connectivity index (χ0) is 15.1. The average molecular weight is 288 g/mol. The fraction of sp³-hybridized carbons (Fsp3) is 1.00. The zero-order valence-electron chi connectivity index (χ0n) is 13.4. The summed E-state index contributed by atoms with van der Waals surface area (Å²) in [6.45, 7) is 12.7. The summed E-state index contributed by atoms with van der Waals surface area (Å²) < 4.78 is 12.3. The van der Waals surface area contributed by atoms with Crippen molar-refractivity contribution in [3.63, 3.8) is 0 Å². The van der Waals surface area contributed by atoms with Crippen molar-refractivity contribution in [3.05, 3.63) is 0 Å². The molecule has 0 spiro atoms. The summed E-state index contributed by atoms with van der Waals surface area (Å²) in [7, 11) is 0.0749. The van der Waals surface area contributed by atoms with Crippen molar-refractivity contribution in [2.75, 3.05) is 13.2 Å². The van der Waals surface area contributed by atoms with Crippen LogP contribution in [0.25, 0.3) is 0 Å². The largest absolute Gasteiger partial charge is 0.412 e. The Morgan fingerprint density at radius 2 is 1.74 bits per heavy atom. The molecule has 0 bridgehead atoms. The Kier molecular flexibility index (Phi) is 4.96. The fourth-order valence-electron chi connectivity index (χ4n) is 2.38. The molecule has 0 saturated carbocycles. The van der Waals surface area contributed by atoms with Crippen LogP contribution in [-0.2, 0) is 9.16 Å². The van der Waals surface area contributed by atoms with E-state index in [9.17, 15) is 10.2 Å². The van der Waals surface area contributed by atoms with Gasteiger partial charge in [0.2, 0.25) is 0 Å². The van der Waals surface area contributed by atoms with Gasteiger partial charge in [-0.2, -0.15) is 0 Å². The van der Waals surface area contributed by atoms with Crippen LogP contribution in [0.4, 0.5) is 0 Å². The third-order valence-corrected chi connectivity index (χ3v) is 9.45. The summed E-state index contributed by atoms with van der Waals surface area (Å²) in [5, 5.41) is 19.2. The van der Waals surface area contributed by atoms with Crippen LogP contribution < -0.4 is 0 Å². The van der Waals surface area contributed by atoms with Crippen molar-refractivity contribution in [2.45, 2.75) is 63.5 Å². The van der Waals surface area contributed by atoms with E-state index >= 15 is 0 Å². The van der Waals surface area contributed by atoms with Gasteiger partial charge in [-0.15, -0.1) is 0 Å². The van der Waals surface area contributed by atoms with Crippen LogP contribution in [-0.4, -0.2) is 57.3 Å². The summed E-state index contributed by atoms with van der Waals surface area (Å²) in [6, 6.07) is -0.108. The number of aliphatic hydroxyl groups excluding tert-OH is 2. The van der Waals surface area contributed by atoms with Crippen molar-refractivity contribution in [1.82, 2.24) is 0 Å². The molecule has 19 heavy (non-hydrogen) atoms. The minimum Gasteiger partial charge on any atom is -0.412 e. The molecule has 4 nitrogen and oxygen atoms in total. The van der Waals surface area contributed by atoms with Crippen LogP contribution in [0.15, 0.2) is 0 Å². The van der Waals surface area contributed by atoms with Crippen molar-refractivity contribution in [2.24, 2.45) is 5.92 Å². The van der Waals surface area contributed by atoms with E-state index in [1.807, 2.05) is 14.8 Å². The number of hydrogen-bond donors (Lipinski definition) is 2. The summed E-state index contributed by atoms with van der Waals surface area (Å²) in [5.74, 6) is -0.0216. The molecule has 0 aromatic carbocycles. The van der Waals surface area contributed by atoms with E-state index in [-0.39, 0.29) is 36.3 Å². The fourth-order valence-corrected chi connectivity index (χ4v) is 3.81. The number of aliphatic hydroxyl groups is 2. The van der Waals surface area contributed by atoms with Gasteiger partial charge < -0.3 is 19.4 Å². The summed E-state index contributed by atoms with van der Waals surface area (Å²) >= 11 is 0. The molecule has 6 heteroatoms. The van der Waals surface area contributed by atoms with Gasteiger partial charge in [0.1, 0.15) is 13.4 Å². The summed E-state index contributed by atoms with van der Waals surface area (Å²) in [4.78, 5) is 0. The van der Waals surface area contributed by atoms with Gasteiger partial charge in [-0.05, 0) is 18.1 Å². The first-order valence-corrected chi connectivity index (χ1v) is 9.99. The maximum absolute atomic E-state index is 9.55. The minimum atomic E-state index is -1.88. The lowest BCUT2D eigenvalue weighted by molar-refractivity contribution is -0.0991. The van der Waals surface area contributed by atoms with Crippen LogP contribution in [0.5, 0.6) is 0 Å². The molecule has 0 aliphatic carbocycles. The standard InChI is InChI=1S/C13H29BO4Si/c1-9-10(18-19(5,6)12(2,3)4)11(14)17-13(9,7-15)8-16/h9-11,15-16H,7-8,14H2,1-6H3/t9-,10?,11-/m1/s1. The van der Waals surface area contributed by atoms with Crippen LogP contribution in [0.3, 0.4) is 0 Å². The highest BCUT2D eigenvalue weighted by atomic mass is 28.4. The average Bonchev–Trinajstić information content (AvgIpc) is 2.52. The second kappa shape index (κ2) is 5.48.